The molecule has 2 rings (SSSR count). The molecule has 1 aromatic rings. The molecule has 1 saturated heterocycles. The lowest BCUT2D eigenvalue weighted by Gasteiger charge is -2.31. The van der Waals surface area contributed by atoms with Gasteiger partial charge in [-0.2, -0.15) is 5.10 Å². The number of nitrogens with two attached hydrogens (primary N) is 1. The monoisotopic (exact) mass is 313 g/mol. The zero-order valence-electron chi connectivity index (χ0n) is 10.9. The van der Waals surface area contributed by atoms with E-state index in [0.29, 0.717) is 18.4 Å². The molecule has 100 valence electrons. The SMILES string of the molecule is CC1CCCN(C(N)=NCc2nn(C)cc2Br)C1. The summed E-state index contributed by atoms with van der Waals surface area (Å²) in [4.78, 5) is 6.61. The second-order valence-corrected chi connectivity index (χ2v) is 5.82. The van der Waals surface area contributed by atoms with Crippen LogP contribution < -0.4 is 5.73 Å². The molecule has 1 aliphatic rings. The van der Waals surface area contributed by atoms with Crippen LogP contribution in [0, 0.1) is 5.92 Å². The van der Waals surface area contributed by atoms with E-state index in [1.807, 2.05) is 13.2 Å². The zero-order valence-corrected chi connectivity index (χ0v) is 12.5. The third-order valence-electron chi connectivity index (χ3n) is 3.23. The Morgan fingerprint density at radius 1 is 1.67 bits per heavy atom. The average Bonchev–Trinajstić information content (AvgIpc) is 2.65. The van der Waals surface area contributed by atoms with Gasteiger partial charge in [0.1, 0.15) is 0 Å². The van der Waals surface area contributed by atoms with Gasteiger partial charge in [0.2, 0.25) is 0 Å². The predicted molar refractivity (Wildman–Crippen MR) is 76.2 cm³/mol. The molecule has 0 radical (unpaired) electrons. The van der Waals surface area contributed by atoms with Crippen molar-refractivity contribution in [3.63, 3.8) is 0 Å². The molecule has 1 atom stereocenters. The molecule has 2 N–H and O–H groups in total. The lowest BCUT2D eigenvalue weighted by molar-refractivity contribution is 0.270. The highest BCUT2D eigenvalue weighted by Crippen LogP contribution is 2.17. The third-order valence-corrected chi connectivity index (χ3v) is 3.89. The number of likely N-dealkylation sites (tertiary alicyclic amines) is 1. The molecule has 18 heavy (non-hydrogen) atoms. The van der Waals surface area contributed by atoms with Crippen molar-refractivity contribution < 1.29 is 0 Å². The molecule has 0 aromatic carbocycles. The normalized spacial score (nSPS) is 21.4. The van der Waals surface area contributed by atoms with Crippen molar-refractivity contribution in [2.75, 3.05) is 13.1 Å². The number of piperidine rings is 1. The Kier molecular flexibility index (Phi) is 4.27. The molecular formula is C12H20BrN5. The summed E-state index contributed by atoms with van der Waals surface area (Å²) in [5.41, 5.74) is 6.96. The number of aromatic nitrogens is 2. The van der Waals surface area contributed by atoms with E-state index in [-0.39, 0.29) is 0 Å². The van der Waals surface area contributed by atoms with Crippen LogP contribution in [-0.2, 0) is 13.6 Å². The van der Waals surface area contributed by atoms with Crippen LogP contribution in [0.15, 0.2) is 15.7 Å². The maximum atomic E-state index is 6.04. The second kappa shape index (κ2) is 5.73. The van der Waals surface area contributed by atoms with Gasteiger partial charge in [0, 0.05) is 26.3 Å². The van der Waals surface area contributed by atoms with Gasteiger partial charge in [0.25, 0.3) is 0 Å². The molecule has 5 nitrogen and oxygen atoms in total. The van der Waals surface area contributed by atoms with Gasteiger partial charge in [-0.3, -0.25) is 4.68 Å². The standard InChI is InChI=1S/C12H20BrN5/c1-9-4-3-5-18(7-9)12(14)15-6-11-10(13)8-17(2)16-11/h8-9H,3-7H2,1-2H3,(H2,14,15). The van der Waals surface area contributed by atoms with E-state index in [1.165, 1.54) is 12.8 Å². The van der Waals surface area contributed by atoms with E-state index in [0.717, 1.165) is 23.3 Å². The lowest BCUT2D eigenvalue weighted by Crippen LogP contribution is -2.43. The summed E-state index contributed by atoms with van der Waals surface area (Å²) in [5.74, 6) is 1.34. The first-order chi connectivity index (χ1) is 8.56. The van der Waals surface area contributed by atoms with Crippen molar-refractivity contribution in [1.82, 2.24) is 14.7 Å². The first-order valence-corrected chi connectivity index (χ1v) is 7.08. The van der Waals surface area contributed by atoms with Crippen LogP contribution in [0.2, 0.25) is 0 Å². The van der Waals surface area contributed by atoms with Gasteiger partial charge in [-0.25, -0.2) is 4.99 Å². The Balaban J connectivity index is 1.98. The van der Waals surface area contributed by atoms with E-state index in [1.54, 1.807) is 4.68 Å². The van der Waals surface area contributed by atoms with Gasteiger partial charge >= 0.3 is 0 Å². The van der Waals surface area contributed by atoms with Crippen molar-refractivity contribution in [2.24, 2.45) is 23.7 Å². The summed E-state index contributed by atoms with van der Waals surface area (Å²) in [6.07, 6.45) is 4.41. The van der Waals surface area contributed by atoms with Gasteiger partial charge < -0.3 is 10.6 Å². The molecule has 6 heteroatoms. The second-order valence-electron chi connectivity index (χ2n) is 4.97. The molecule has 0 saturated carbocycles. The van der Waals surface area contributed by atoms with Crippen molar-refractivity contribution in [1.29, 1.82) is 0 Å². The number of hydrogen-bond acceptors (Lipinski definition) is 2. The smallest absolute Gasteiger partial charge is 0.191 e. The molecular weight excluding hydrogens is 294 g/mol. The molecule has 0 amide bonds. The Morgan fingerprint density at radius 3 is 3.06 bits per heavy atom. The van der Waals surface area contributed by atoms with Crippen LogP contribution in [0.25, 0.3) is 0 Å². The molecule has 1 fully saturated rings. The minimum atomic E-state index is 0.526. The Morgan fingerprint density at radius 2 is 2.44 bits per heavy atom. The Labute approximate surface area is 116 Å². The van der Waals surface area contributed by atoms with E-state index in [2.05, 4.69) is 37.8 Å². The number of aryl methyl sites for hydroxylation is 1. The van der Waals surface area contributed by atoms with Gasteiger partial charge in [-0.15, -0.1) is 0 Å². The molecule has 1 unspecified atom stereocenters. The molecule has 2 heterocycles. The highest BCUT2D eigenvalue weighted by molar-refractivity contribution is 9.10. The summed E-state index contributed by atoms with van der Waals surface area (Å²) >= 11 is 3.47. The van der Waals surface area contributed by atoms with Crippen LogP contribution >= 0.6 is 15.9 Å². The lowest BCUT2D eigenvalue weighted by atomic mass is 10.0. The zero-order chi connectivity index (χ0) is 13.1. The molecule has 1 aliphatic heterocycles. The Hall–Kier alpha value is -1.04. The number of hydrogen-bond donors (Lipinski definition) is 1. The molecule has 0 aliphatic carbocycles. The van der Waals surface area contributed by atoms with E-state index < -0.39 is 0 Å². The first-order valence-electron chi connectivity index (χ1n) is 6.29. The minimum absolute atomic E-state index is 0.526. The Bertz CT molecular complexity index is 440. The molecule has 0 bridgehead atoms. The summed E-state index contributed by atoms with van der Waals surface area (Å²) < 4.78 is 2.75. The fourth-order valence-corrected chi connectivity index (χ4v) is 2.77. The minimum Gasteiger partial charge on any atom is -0.370 e. The first kappa shape index (κ1) is 13.4. The number of nitrogens with zero attached hydrogens (tertiary/aromatic N) is 4. The number of aliphatic imine (C=N–C) groups is 1. The summed E-state index contributed by atoms with van der Waals surface area (Å²) in [6.45, 7) is 4.81. The fraction of sp³-hybridized carbons (Fsp3) is 0.667. The van der Waals surface area contributed by atoms with Crippen LogP contribution in [0.5, 0.6) is 0 Å². The number of guanidine groups is 1. The van der Waals surface area contributed by atoms with E-state index in [4.69, 9.17) is 5.73 Å². The number of rotatable bonds is 2. The maximum Gasteiger partial charge on any atom is 0.191 e. The predicted octanol–water partition coefficient (Wildman–Crippen LogP) is 1.73. The van der Waals surface area contributed by atoms with Crippen molar-refractivity contribution in [3.05, 3.63) is 16.4 Å². The van der Waals surface area contributed by atoms with E-state index >= 15 is 0 Å². The van der Waals surface area contributed by atoms with Gasteiger partial charge in [-0.05, 0) is 34.7 Å². The van der Waals surface area contributed by atoms with Crippen molar-refractivity contribution >= 4 is 21.9 Å². The van der Waals surface area contributed by atoms with E-state index in [9.17, 15) is 0 Å². The van der Waals surface area contributed by atoms with Crippen LogP contribution in [0.3, 0.4) is 0 Å². The van der Waals surface area contributed by atoms with Crippen LogP contribution in [-0.4, -0.2) is 33.7 Å². The van der Waals surface area contributed by atoms with Crippen molar-refractivity contribution in [2.45, 2.75) is 26.3 Å². The largest absolute Gasteiger partial charge is 0.370 e. The van der Waals surface area contributed by atoms with Crippen molar-refractivity contribution in [3.8, 4) is 0 Å². The van der Waals surface area contributed by atoms with Gasteiger partial charge in [-0.1, -0.05) is 6.92 Å². The highest BCUT2D eigenvalue weighted by atomic mass is 79.9. The van der Waals surface area contributed by atoms with Gasteiger partial charge in [0.15, 0.2) is 5.96 Å². The molecule has 1 aromatic heterocycles. The van der Waals surface area contributed by atoms with Crippen LogP contribution in [0.1, 0.15) is 25.5 Å². The topological polar surface area (TPSA) is 59.4 Å². The molecule has 0 spiro atoms. The van der Waals surface area contributed by atoms with Crippen LogP contribution in [0.4, 0.5) is 0 Å². The number of halogens is 1. The summed E-state index contributed by atoms with van der Waals surface area (Å²) in [6, 6.07) is 0. The summed E-state index contributed by atoms with van der Waals surface area (Å²) in [5, 5.41) is 4.33. The maximum absolute atomic E-state index is 6.04. The summed E-state index contributed by atoms with van der Waals surface area (Å²) in [7, 11) is 1.90. The highest BCUT2D eigenvalue weighted by Gasteiger charge is 2.17. The quantitative estimate of drug-likeness (QED) is 0.668. The fourth-order valence-electron chi connectivity index (χ4n) is 2.27. The third kappa shape index (κ3) is 3.25. The average molecular weight is 314 g/mol. The van der Waals surface area contributed by atoms with Gasteiger partial charge in [0.05, 0.1) is 16.7 Å².